The molecule has 2 aromatic heterocycles. The molecule has 0 aliphatic rings. The van der Waals surface area contributed by atoms with E-state index >= 15 is 0 Å². The highest BCUT2D eigenvalue weighted by atomic mass is 16.6. The predicted octanol–water partition coefficient (Wildman–Crippen LogP) is -0.562. The van der Waals surface area contributed by atoms with Crippen molar-refractivity contribution in [3.8, 4) is 0 Å². The molecule has 0 atom stereocenters. The van der Waals surface area contributed by atoms with E-state index in [1.807, 2.05) is 11.9 Å². The summed E-state index contributed by atoms with van der Waals surface area (Å²) in [6, 6.07) is 0. The van der Waals surface area contributed by atoms with Crippen molar-refractivity contribution in [3.63, 3.8) is 0 Å². The molecule has 0 aromatic carbocycles. The molecule has 19 heavy (non-hydrogen) atoms. The highest BCUT2D eigenvalue weighted by Gasteiger charge is 2.16. The van der Waals surface area contributed by atoms with Crippen LogP contribution in [0.3, 0.4) is 0 Å². The van der Waals surface area contributed by atoms with Crippen LogP contribution in [0.15, 0.2) is 20.3 Å². The Kier molecular flexibility index (Phi) is 3.23. The zero-order chi connectivity index (χ0) is 14.0. The fourth-order valence-electron chi connectivity index (χ4n) is 1.39. The molecule has 0 aliphatic carbocycles. The van der Waals surface area contributed by atoms with Crippen LogP contribution in [0.1, 0.15) is 18.6 Å². The lowest BCUT2D eigenvalue weighted by atomic mass is 10.4. The van der Waals surface area contributed by atoms with E-state index in [2.05, 4.69) is 10.1 Å². The normalized spacial score (nSPS) is 10.6. The van der Waals surface area contributed by atoms with Crippen LogP contribution in [-0.2, 0) is 13.0 Å². The lowest BCUT2D eigenvalue weighted by molar-refractivity contribution is -0.386. The molecule has 10 nitrogen and oxygen atoms in total. The first kappa shape index (κ1) is 12.7. The fourth-order valence-corrected chi connectivity index (χ4v) is 1.39. The van der Waals surface area contributed by atoms with Crippen LogP contribution >= 0.6 is 0 Å². The summed E-state index contributed by atoms with van der Waals surface area (Å²) in [5.41, 5.74) is -2.56. The first-order valence-corrected chi connectivity index (χ1v) is 5.31. The van der Waals surface area contributed by atoms with E-state index in [0.29, 0.717) is 12.2 Å². The summed E-state index contributed by atoms with van der Waals surface area (Å²) in [5, 5.41) is 14.2. The van der Waals surface area contributed by atoms with E-state index in [-0.39, 0.29) is 12.4 Å². The maximum absolute atomic E-state index is 11.5. The number of hydrogen-bond acceptors (Lipinski definition) is 7. The van der Waals surface area contributed by atoms with Gasteiger partial charge >= 0.3 is 16.9 Å². The highest BCUT2D eigenvalue weighted by molar-refractivity contribution is 5.20. The Balaban J connectivity index is 2.39. The van der Waals surface area contributed by atoms with E-state index in [9.17, 15) is 19.7 Å². The standard InChI is InChI=1S/C9H9N5O5/c1-2-6-10-7(19-12-6)4-13-3-5(14(17)18)8(15)11-9(13)16/h3H,2,4H2,1H3,(H,11,15,16). The number of nitrogens with zero attached hydrogens (tertiary/aromatic N) is 4. The van der Waals surface area contributed by atoms with E-state index in [0.717, 1.165) is 10.8 Å². The molecule has 0 saturated heterocycles. The average Bonchev–Trinajstić information content (AvgIpc) is 2.80. The maximum atomic E-state index is 11.5. The molecule has 10 heteroatoms. The molecule has 2 aromatic rings. The number of aromatic amines is 1. The summed E-state index contributed by atoms with van der Waals surface area (Å²) in [5.74, 6) is 0.585. The third kappa shape index (κ3) is 2.56. The smallest absolute Gasteiger partial charge is 0.337 e. The summed E-state index contributed by atoms with van der Waals surface area (Å²) in [7, 11) is 0. The minimum atomic E-state index is -1.05. The van der Waals surface area contributed by atoms with Gasteiger partial charge in [0, 0.05) is 6.42 Å². The zero-order valence-electron chi connectivity index (χ0n) is 9.82. The third-order valence-corrected chi connectivity index (χ3v) is 2.32. The van der Waals surface area contributed by atoms with Gasteiger partial charge in [-0.2, -0.15) is 4.98 Å². The number of hydrogen-bond donors (Lipinski definition) is 1. The molecule has 0 spiro atoms. The second kappa shape index (κ2) is 4.84. The van der Waals surface area contributed by atoms with Crippen LogP contribution in [0.25, 0.3) is 0 Å². The lowest BCUT2D eigenvalue weighted by Crippen LogP contribution is -2.31. The van der Waals surface area contributed by atoms with Crippen LogP contribution in [0.2, 0.25) is 0 Å². The molecule has 0 aliphatic heterocycles. The SMILES string of the molecule is CCc1noc(Cn2cc([N+](=O)[O-])c(=O)[nH]c2=O)n1. The highest BCUT2D eigenvalue weighted by Crippen LogP contribution is 2.03. The molecule has 2 rings (SSSR count). The molecule has 1 N–H and O–H groups in total. The van der Waals surface area contributed by atoms with E-state index < -0.39 is 21.9 Å². The number of aromatic nitrogens is 4. The van der Waals surface area contributed by atoms with Crippen LogP contribution in [-0.4, -0.2) is 24.6 Å². The van der Waals surface area contributed by atoms with Gasteiger partial charge in [-0.25, -0.2) is 4.79 Å². The van der Waals surface area contributed by atoms with Gasteiger partial charge in [0.15, 0.2) is 5.82 Å². The second-order valence-corrected chi connectivity index (χ2v) is 3.62. The minimum Gasteiger partial charge on any atom is -0.337 e. The number of rotatable bonds is 4. The van der Waals surface area contributed by atoms with Gasteiger partial charge in [-0.1, -0.05) is 12.1 Å². The van der Waals surface area contributed by atoms with Crippen molar-refractivity contribution in [2.24, 2.45) is 0 Å². The van der Waals surface area contributed by atoms with Gasteiger partial charge in [0.25, 0.3) is 0 Å². The Hall–Kier alpha value is -2.78. The van der Waals surface area contributed by atoms with Crippen molar-refractivity contribution >= 4 is 5.69 Å². The van der Waals surface area contributed by atoms with Crippen LogP contribution in [0.4, 0.5) is 5.69 Å². The van der Waals surface area contributed by atoms with Crippen molar-refractivity contribution in [3.05, 3.63) is 48.9 Å². The Morgan fingerprint density at radius 2 is 2.26 bits per heavy atom. The second-order valence-electron chi connectivity index (χ2n) is 3.62. The molecule has 0 fully saturated rings. The Labute approximate surface area is 104 Å². The van der Waals surface area contributed by atoms with Crippen LogP contribution < -0.4 is 11.2 Å². The van der Waals surface area contributed by atoms with Gasteiger partial charge < -0.3 is 4.52 Å². The summed E-state index contributed by atoms with van der Waals surface area (Å²) in [4.78, 5) is 38.2. The zero-order valence-corrected chi connectivity index (χ0v) is 9.82. The monoisotopic (exact) mass is 267 g/mol. The molecular weight excluding hydrogens is 258 g/mol. The van der Waals surface area contributed by atoms with Gasteiger partial charge in [-0.3, -0.25) is 24.5 Å². The van der Waals surface area contributed by atoms with Crippen LogP contribution in [0, 0.1) is 10.1 Å². The largest absolute Gasteiger partial charge is 0.350 e. The molecule has 0 bridgehead atoms. The number of nitrogens with one attached hydrogen (secondary N) is 1. The van der Waals surface area contributed by atoms with Gasteiger partial charge in [0.2, 0.25) is 5.89 Å². The summed E-state index contributed by atoms with van der Waals surface area (Å²) in [6.45, 7) is 1.68. The van der Waals surface area contributed by atoms with E-state index in [1.165, 1.54) is 0 Å². The summed E-state index contributed by atoms with van der Waals surface area (Å²) in [6.07, 6.45) is 1.40. The maximum Gasteiger partial charge on any atom is 0.350 e. The van der Waals surface area contributed by atoms with Crippen molar-refractivity contribution in [1.82, 2.24) is 19.7 Å². The quantitative estimate of drug-likeness (QED) is 0.578. The van der Waals surface area contributed by atoms with Gasteiger partial charge in [-0.15, -0.1) is 0 Å². The van der Waals surface area contributed by atoms with E-state index in [4.69, 9.17) is 4.52 Å². The lowest BCUT2D eigenvalue weighted by Gasteiger charge is -2.00. The number of nitro groups is 1. The van der Waals surface area contributed by atoms with Crippen molar-refractivity contribution in [1.29, 1.82) is 0 Å². The molecule has 2 heterocycles. The van der Waals surface area contributed by atoms with Crippen molar-refractivity contribution in [2.45, 2.75) is 19.9 Å². The summed E-state index contributed by atoms with van der Waals surface area (Å²) >= 11 is 0. The Morgan fingerprint density at radius 1 is 1.53 bits per heavy atom. The number of H-pyrrole nitrogens is 1. The van der Waals surface area contributed by atoms with Crippen molar-refractivity contribution in [2.75, 3.05) is 0 Å². The Bertz CT molecular complexity index is 727. The first-order chi connectivity index (χ1) is 9.01. The van der Waals surface area contributed by atoms with Gasteiger partial charge in [-0.05, 0) is 0 Å². The number of aryl methyl sites for hydroxylation is 1. The van der Waals surface area contributed by atoms with Crippen LogP contribution in [0.5, 0.6) is 0 Å². The topological polar surface area (TPSA) is 137 Å². The predicted molar refractivity (Wildman–Crippen MR) is 60.8 cm³/mol. The average molecular weight is 267 g/mol. The molecule has 0 unspecified atom stereocenters. The third-order valence-electron chi connectivity index (χ3n) is 2.32. The van der Waals surface area contributed by atoms with Gasteiger partial charge in [0.1, 0.15) is 6.54 Å². The summed E-state index contributed by atoms with van der Waals surface area (Å²) < 4.78 is 5.79. The fraction of sp³-hybridized carbons (Fsp3) is 0.333. The molecule has 0 radical (unpaired) electrons. The molecular formula is C9H9N5O5. The molecule has 100 valence electrons. The van der Waals surface area contributed by atoms with E-state index in [1.54, 1.807) is 0 Å². The minimum absolute atomic E-state index is 0.125. The first-order valence-electron chi connectivity index (χ1n) is 5.31. The molecule has 0 amide bonds. The Morgan fingerprint density at radius 3 is 2.84 bits per heavy atom. The van der Waals surface area contributed by atoms with Gasteiger partial charge in [0.05, 0.1) is 11.1 Å². The van der Waals surface area contributed by atoms with Crippen molar-refractivity contribution < 1.29 is 9.45 Å². The molecule has 0 saturated carbocycles.